The molecule has 0 amide bonds. The highest BCUT2D eigenvalue weighted by molar-refractivity contribution is 7.53. The molecule has 34 heavy (non-hydrogen) atoms. The molecule has 4 nitrogen and oxygen atoms in total. The van der Waals surface area contributed by atoms with Gasteiger partial charge in [-0.1, -0.05) is 124 Å². The molecule has 0 saturated heterocycles. The molecule has 0 aromatic carbocycles. The van der Waals surface area contributed by atoms with Crippen molar-refractivity contribution in [3.63, 3.8) is 0 Å². The Morgan fingerprint density at radius 2 is 1.06 bits per heavy atom. The van der Waals surface area contributed by atoms with Crippen LogP contribution in [-0.4, -0.2) is 33.1 Å². The van der Waals surface area contributed by atoms with Crippen molar-refractivity contribution in [1.82, 2.24) is 0 Å². The van der Waals surface area contributed by atoms with Gasteiger partial charge in [-0.3, -0.25) is 4.57 Å². The first-order chi connectivity index (χ1) is 16.6. The summed E-state index contributed by atoms with van der Waals surface area (Å²) in [4.78, 5) is 0. The highest BCUT2D eigenvalue weighted by Gasteiger charge is 2.25. The molecule has 206 valence electrons. The number of hydrogen-bond donors (Lipinski definition) is 0. The van der Waals surface area contributed by atoms with E-state index >= 15 is 0 Å². The highest BCUT2D eigenvalue weighted by atomic mass is 31.2. The highest BCUT2D eigenvalue weighted by Crippen LogP contribution is 2.49. The van der Waals surface area contributed by atoms with E-state index in [0.717, 1.165) is 45.1 Å². The van der Waals surface area contributed by atoms with Crippen molar-refractivity contribution in [1.29, 1.82) is 0 Å². The summed E-state index contributed by atoms with van der Waals surface area (Å²) in [5, 5.41) is 0. The fraction of sp³-hybridized carbons (Fsp3) is 1.00. The monoisotopic (exact) mass is 504 g/mol. The average Bonchev–Trinajstić information content (AvgIpc) is 2.84. The minimum atomic E-state index is -2.98. The molecule has 0 aliphatic carbocycles. The fourth-order valence-corrected chi connectivity index (χ4v) is 6.21. The molecule has 0 radical (unpaired) electrons. The standard InChI is InChI=1S/C29H61O4P/c1-5-8-11-12-13-14-15-16-17-18-19-20-21-22-25-32-34(30,27-10-7-3)33-28-29(23-9-6-2)24-26-31-4/h29H,5-28H2,1-4H3. The third-order valence-corrected chi connectivity index (χ3v) is 8.76. The molecule has 0 aliphatic heterocycles. The SMILES string of the molecule is CCCCCCCCCCCCCCCCOP(=O)(CCCC)OCC(CCCC)CCOC. The summed E-state index contributed by atoms with van der Waals surface area (Å²) in [5.41, 5.74) is 0. The third kappa shape index (κ3) is 22.6. The van der Waals surface area contributed by atoms with Gasteiger partial charge in [0, 0.05) is 13.7 Å². The lowest BCUT2D eigenvalue weighted by Crippen LogP contribution is -2.13. The maximum Gasteiger partial charge on any atom is 0.330 e. The molecule has 0 heterocycles. The molecule has 0 aromatic heterocycles. The zero-order valence-electron chi connectivity index (χ0n) is 23.6. The normalized spacial score (nSPS) is 14.4. The molecule has 0 aliphatic rings. The van der Waals surface area contributed by atoms with Gasteiger partial charge in [0.1, 0.15) is 0 Å². The van der Waals surface area contributed by atoms with Gasteiger partial charge in [0.2, 0.25) is 0 Å². The van der Waals surface area contributed by atoms with Gasteiger partial charge in [-0.2, -0.15) is 0 Å². The molecule has 0 N–H and O–H groups in total. The first-order valence-corrected chi connectivity index (χ1v) is 16.7. The van der Waals surface area contributed by atoms with Gasteiger partial charge >= 0.3 is 7.60 Å². The number of hydrogen-bond acceptors (Lipinski definition) is 4. The molecule has 0 saturated carbocycles. The van der Waals surface area contributed by atoms with Crippen LogP contribution in [-0.2, 0) is 18.3 Å². The molecule has 2 unspecified atom stereocenters. The third-order valence-electron chi connectivity index (χ3n) is 6.77. The Labute approximate surface area is 214 Å². The summed E-state index contributed by atoms with van der Waals surface area (Å²) >= 11 is 0. The summed E-state index contributed by atoms with van der Waals surface area (Å²) < 4.78 is 30.4. The van der Waals surface area contributed by atoms with Crippen LogP contribution in [0.15, 0.2) is 0 Å². The molecule has 0 fully saturated rings. The predicted octanol–water partition coefficient (Wildman–Crippen LogP) is 10.3. The Morgan fingerprint density at radius 1 is 0.559 bits per heavy atom. The number of methoxy groups -OCH3 is 1. The van der Waals surface area contributed by atoms with Crippen molar-refractivity contribution in [2.75, 3.05) is 33.1 Å². The van der Waals surface area contributed by atoms with E-state index in [-0.39, 0.29) is 0 Å². The zero-order chi connectivity index (χ0) is 25.2. The molecule has 0 aromatic rings. The van der Waals surface area contributed by atoms with Gasteiger partial charge in [-0.25, -0.2) is 0 Å². The minimum absolute atomic E-state index is 0.402. The molecular weight excluding hydrogens is 443 g/mol. The fourth-order valence-electron chi connectivity index (χ4n) is 4.33. The Kier molecular flexibility index (Phi) is 26.3. The van der Waals surface area contributed by atoms with Gasteiger partial charge in [-0.05, 0) is 31.6 Å². The van der Waals surface area contributed by atoms with Gasteiger partial charge < -0.3 is 13.8 Å². The van der Waals surface area contributed by atoms with Crippen LogP contribution in [0.25, 0.3) is 0 Å². The number of unbranched alkanes of at least 4 members (excludes halogenated alkanes) is 15. The van der Waals surface area contributed by atoms with E-state index in [1.807, 2.05) is 0 Å². The summed E-state index contributed by atoms with van der Waals surface area (Å²) in [7, 11) is -1.24. The van der Waals surface area contributed by atoms with Crippen LogP contribution in [0.4, 0.5) is 0 Å². The molecule has 0 rings (SSSR count). The summed E-state index contributed by atoms with van der Waals surface area (Å²) in [6.07, 6.45) is 25.6. The van der Waals surface area contributed by atoms with Gasteiger partial charge in [0.25, 0.3) is 0 Å². The quantitative estimate of drug-likeness (QED) is 0.0785. The van der Waals surface area contributed by atoms with E-state index in [4.69, 9.17) is 13.8 Å². The lowest BCUT2D eigenvalue weighted by atomic mass is 10.0. The number of ether oxygens (including phenoxy) is 1. The molecule has 5 heteroatoms. The molecule has 0 bridgehead atoms. The number of rotatable bonds is 28. The summed E-state index contributed by atoms with van der Waals surface area (Å²) in [6.45, 7) is 8.45. The maximum absolute atomic E-state index is 13.3. The van der Waals surface area contributed by atoms with E-state index in [2.05, 4.69) is 20.8 Å². The van der Waals surface area contributed by atoms with E-state index in [1.54, 1.807) is 7.11 Å². The van der Waals surface area contributed by atoms with E-state index < -0.39 is 7.60 Å². The van der Waals surface area contributed by atoms with Crippen molar-refractivity contribution in [2.45, 2.75) is 149 Å². The topological polar surface area (TPSA) is 44.8 Å². The minimum Gasteiger partial charge on any atom is -0.385 e. The van der Waals surface area contributed by atoms with E-state index in [9.17, 15) is 4.57 Å². The Morgan fingerprint density at radius 3 is 1.56 bits per heavy atom. The van der Waals surface area contributed by atoms with Crippen LogP contribution >= 0.6 is 7.60 Å². The first-order valence-electron chi connectivity index (χ1n) is 15.0. The summed E-state index contributed by atoms with van der Waals surface area (Å²) in [6, 6.07) is 0. The Hall–Kier alpha value is 0.110. The molecule has 0 spiro atoms. The lowest BCUT2D eigenvalue weighted by molar-refractivity contribution is 0.134. The van der Waals surface area contributed by atoms with Crippen molar-refractivity contribution in [3.05, 3.63) is 0 Å². The molecule has 2 atom stereocenters. The second kappa shape index (κ2) is 26.2. The van der Waals surface area contributed by atoms with Gasteiger partial charge in [0.05, 0.1) is 19.4 Å². The second-order valence-electron chi connectivity index (χ2n) is 10.2. The summed E-state index contributed by atoms with van der Waals surface area (Å²) in [5.74, 6) is 0.402. The van der Waals surface area contributed by atoms with E-state index in [1.165, 1.54) is 89.9 Å². The lowest BCUT2D eigenvalue weighted by Gasteiger charge is -2.22. The van der Waals surface area contributed by atoms with Gasteiger partial charge in [-0.15, -0.1) is 0 Å². The van der Waals surface area contributed by atoms with Crippen LogP contribution in [0.5, 0.6) is 0 Å². The van der Waals surface area contributed by atoms with Crippen molar-refractivity contribution < 1.29 is 18.3 Å². The van der Waals surface area contributed by atoms with Crippen molar-refractivity contribution >= 4 is 7.60 Å². The van der Waals surface area contributed by atoms with Crippen LogP contribution in [0, 0.1) is 5.92 Å². The Bertz CT molecular complexity index is 436. The Balaban J connectivity index is 3.92. The zero-order valence-corrected chi connectivity index (χ0v) is 24.5. The predicted molar refractivity (Wildman–Crippen MR) is 149 cm³/mol. The van der Waals surface area contributed by atoms with Crippen LogP contribution in [0.3, 0.4) is 0 Å². The van der Waals surface area contributed by atoms with Crippen molar-refractivity contribution in [2.24, 2.45) is 5.92 Å². The van der Waals surface area contributed by atoms with Crippen LogP contribution in [0.2, 0.25) is 0 Å². The maximum atomic E-state index is 13.3. The average molecular weight is 505 g/mol. The van der Waals surface area contributed by atoms with Crippen molar-refractivity contribution in [3.8, 4) is 0 Å². The largest absolute Gasteiger partial charge is 0.385 e. The van der Waals surface area contributed by atoms with Gasteiger partial charge in [0.15, 0.2) is 0 Å². The second-order valence-corrected chi connectivity index (χ2v) is 12.4. The molecular formula is C29H61O4P. The first kappa shape index (κ1) is 34.1. The smallest absolute Gasteiger partial charge is 0.330 e. The van der Waals surface area contributed by atoms with Crippen LogP contribution < -0.4 is 0 Å². The van der Waals surface area contributed by atoms with Crippen LogP contribution in [0.1, 0.15) is 149 Å². The van der Waals surface area contributed by atoms with E-state index in [0.29, 0.717) is 25.3 Å².